The van der Waals surface area contributed by atoms with Gasteiger partial charge in [0.25, 0.3) is 5.91 Å². The molecule has 0 radical (unpaired) electrons. The predicted molar refractivity (Wildman–Crippen MR) is 97.0 cm³/mol. The highest BCUT2D eigenvalue weighted by Gasteiger charge is 2.25. The van der Waals surface area contributed by atoms with E-state index in [1.165, 1.54) is 30.0 Å². The van der Waals surface area contributed by atoms with Gasteiger partial charge in [0, 0.05) is 18.7 Å². The minimum absolute atomic E-state index is 0.488. The molecule has 0 spiro atoms. The zero-order valence-corrected chi connectivity index (χ0v) is 14.3. The van der Waals surface area contributed by atoms with Crippen LogP contribution in [0, 0.1) is 0 Å². The summed E-state index contributed by atoms with van der Waals surface area (Å²) in [7, 11) is 0. The fourth-order valence-corrected chi connectivity index (χ4v) is 3.92. The van der Waals surface area contributed by atoms with Crippen LogP contribution in [0.3, 0.4) is 0 Å². The number of thiophene rings is 1. The number of hydrogen-bond acceptors (Lipinski definition) is 4. The molecule has 24 heavy (non-hydrogen) atoms. The normalized spacial score (nSPS) is 18.3. The lowest BCUT2D eigenvalue weighted by atomic mass is 10.0. The highest BCUT2D eigenvalue weighted by Crippen LogP contribution is 2.32. The van der Waals surface area contributed by atoms with E-state index in [9.17, 15) is 4.79 Å². The van der Waals surface area contributed by atoms with Gasteiger partial charge in [-0.3, -0.25) is 14.9 Å². The molecule has 1 aliphatic heterocycles. The highest BCUT2D eigenvalue weighted by molar-refractivity contribution is 7.07. The molecule has 1 amide bonds. The van der Waals surface area contributed by atoms with Crippen LogP contribution in [-0.4, -0.2) is 29.1 Å². The largest absolute Gasteiger partial charge is 0.296 e. The Bertz CT molecular complexity index is 680. The first-order valence-electron chi connectivity index (χ1n) is 8.23. The maximum absolute atomic E-state index is 11.0. The van der Waals surface area contributed by atoms with Gasteiger partial charge in [0.1, 0.15) is 0 Å². The van der Waals surface area contributed by atoms with E-state index in [4.69, 9.17) is 5.21 Å². The van der Waals surface area contributed by atoms with Crippen molar-refractivity contribution in [2.24, 2.45) is 0 Å². The Hall–Kier alpha value is -1.95. The maximum Gasteiger partial charge on any atom is 0.267 e. The van der Waals surface area contributed by atoms with Gasteiger partial charge in [-0.1, -0.05) is 24.3 Å². The molecule has 5 heteroatoms. The molecule has 1 fully saturated rings. The van der Waals surface area contributed by atoms with Gasteiger partial charge in [-0.05, 0) is 65.4 Å². The Morgan fingerprint density at radius 2 is 2.17 bits per heavy atom. The molecule has 1 aromatic carbocycles. The van der Waals surface area contributed by atoms with Crippen LogP contribution in [0.25, 0.3) is 6.08 Å². The standard InChI is InChI=1S/C19H22N2O2S/c22-19(20-23)8-5-15-3-6-17(7-4-15)18-2-1-11-21(18)12-9-16-10-13-24-14-16/h3-8,10,13-14,18,23H,1-2,9,11-12H2,(H,20,22)/b8-5+/t18-/m0/s1. The number of benzene rings is 1. The Labute approximate surface area is 146 Å². The first kappa shape index (κ1) is 16.9. The van der Waals surface area contributed by atoms with Crippen LogP contribution in [0.5, 0.6) is 0 Å². The summed E-state index contributed by atoms with van der Waals surface area (Å²) in [5, 5.41) is 12.9. The second kappa shape index (κ2) is 8.24. The number of rotatable bonds is 6. The van der Waals surface area contributed by atoms with Gasteiger partial charge in [0.15, 0.2) is 0 Å². The molecule has 2 aromatic rings. The van der Waals surface area contributed by atoms with Crippen LogP contribution in [0.2, 0.25) is 0 Å². The summed E-state index contributed by atoms with van der Waals surface area (Å²) >= 11 is 1.76. The zero-order valence-electron chi connectivity index (χ0n) is 13.5. The molecule has 4 nitrogen and oxygen atoms in total. The van der Waals surface area contributed by atoms with Crippen LogP contribution >= 0.6 is 11.3 Å². The van der Waals surface area contributed by atoms with Crippen LogP contribution < -0.4 is 5.48 Å². The molecule has 0 unspecified atom stereocenters. The Morgan fingerprint density at radius 3 is 2.88 bits per heavy atom. The van der Waals surface area contributed by atoms with Crippen molar-refractivity contribution in [1.82, 2.24) is 10.4 Å². The summed E-state index contributed by atoms with van der Waals surface area (Å²) in [5.74, 6) is -0.519. The fourth-order valence-electron chi connectivity index (χ4n) is 3.22. The molecule has 1 saturated heterocycles. The molecular formula is C19H22N2O2S. The van der Waals surface area contributed by atoms with Gasteiger partial charge in [0.2, 0.25) is 0 Å². The van der Waals surface area contributed by atoms with Crippen molar-refractivity contribution in [3.05, 3.63) is 63.9 Å². The molecule has 2 N–H and O–H groups in total. The lowest BCUT2D eigenvalue weighted by molar-refractivity contribution is -0.124. The second-order valence-electron chi connectivity index (χ2n) is 6.05. The van der Waals surface area contributed by atoms with E-state index in [2.05, 4.69) is 33.9 Å². The topological polar surface area (TPSA) is 52.6 Å². The lowest BCUT2D eigenvalue weighted by Gasteiger charge is -2.24. The van der Waals surface area contributed by atoms with Crippen molar-refractivity contribution in [3.8, 4) is 0 Å². The minimum atomic E-state index is -0.519. The smallest absolute Gasteiger partial charge is 0.267 e. The van der Waals surface area contributed by atoms with Gasteiger partial charge >= 0.3 is 0 Å². The first-order chi connectivity index (χ1) is 11.8. The van der Waals surface area contributed by atoms with Gasteiger partial charge in [-0.25, -0.2) is 5.48 Å². The van der Waals surface area contributed by atoms with Gasteiger partial charge < -0.3 is 0 Å². The fraction of sp³-hybridized carbons (Fsp3) is 0.316. The van der Waals surface area contributed by atoms with Crippen molar-refractivity contribution >= 4 is 23.3 Å². The average molecular weight is 342 g/mol. The average Bonchev–Trinajstić information content (AvgIpc) is 3.29. The molecule has 0 bridgehead atoms. The van der Waals surface area contributed by atoms with Gasteiger partial charge in [0.05, 0.1) is 0 Å². The van der Waals surface area contributed by atoms with E-state index >= 15 is 0 Å². The van der Waals surface area contributed by atoms with Crippen molar-refractivity contribution in [2.45, 2.75) is 25.3 Å². The summed E-state index contributed by atoms with van der Waals surface area (Å²) in [4.78, 5) is 13.6. The predicted octanol–water partition coefficient (Wildman–Crippen LogP) is 3.65. The van der Waals surface area contributed by atoms with Crippen LogP contribution in [-0.2, 0) is 11.2 Å². The third-order valence-electron chi connectivity index (χ3n) is 4.49. The molecule has 2 heterocycles. The number of likely N-dealkylation sites (tertiary alicyclic amines) is 1. The summed E-state index contributed by atoms with van der Waals surface area (Å²) < 4.78 is 0. The number of amides is 1. The molecule has 1 aromatic heterocycles. The zero-order chi connectivity index (χ0) is 16.8. The SMILES string of the molecule is O=C(/C=C/c1ccc([C@@H]2CCCN2CCc2ccsc2)cc1)NO. The van der Waals surface area contributed by atoms with Crippen molar-refractivity contribution < 1.29 is 10.0 Å². The molecule has 0 aliphatic carbocycles. The number of nitrogens with zero attached hydrogens (tertiary/aromatic N) is 1. The Morgan fingerprint density at radius 1 is 1.33 bits per heavy atom. The number of hydroxylamine groups is 1. The van der Waals surface area contributed by atoms with Gasteiger partial charge in [-0.15, -0.1) is 0 Å². The maximum atomic E-state index is 11.0. The van der Waals surface area contributed by atoms with Crippen molar-refractivity contribution in [1.29, 1.82) is 0 Å². The molecule has 1 aliphatic rings. The first-order valence-corrected chi connectivity index (χ1v) is 9.18. The Balaban J connectivity index is 1.62. The third-order valence-corrected chi connectivity index (χ3v) is 5.22. The molecule has 126 valence electrons. The van der Waals surface area contributed by atoms with Gasteiger partial charge in [-0.2, -0.15) is 11.3 Å². The second-order valence-corrected chi connectivity index (χ2v) is 6.83. The van der Waals surface area contributed by atoms with E-state index in [1.54, 1.807) is 22.9 Å². The summed E-state index contributed by atoms with van der Waals surface area (Å²) in [6, 6.07) is 11.0. The van der Waals surface area contributed by atoms with E-state index in [1.807, 2.05) is 12.1 Å². The number of carbonyl (C=O) groups excluding carboxylic acids is 1. The monoisotopic (exact) mass is 342 g/mol. The molecule has 3 rings (SSSR count). The van der Waals surface area contributed by atoms with E-state index in [0.29, 0.717) is 6.04 Å². The van der Waals surface area contributed by atoms with Crippen molar-refractivity contribution in [2.75, 3.05) is 13.1 Å². The van der Waals surface area contributed by atoms with Crippen LogP contribution in [0.1, 0.15) is 35.6 Å². The van der Waals surface area contributed by atoms with E-state index in [0.717, 1.165) is 25.1 Å². The van der Waals surface area contributed by atoms with Crippen LogP contribution in [0.15, 0.2) is 47.2 Å². The number of nitrogens with one attached hydrogen (secondary N) is 1. The molecular weight excluding hydrogens is 320 g/mol. The lowest BCUT2D eigenvalue weighted by Crippen LogP contribution is -2.25. The summed E-state index contributed by atoms with van der Waals surface area (Å²) in [6.45, 7) is 2.26. The van der Waals surface area contributed by atoms with Crippen LogP contribution in [0.4, 0.5) is 0 Å². The third kappa shape index (κ3) is 4.32. The summed E-state index contributed by atoms with van der Waals surface area (Å²) in [5.41, 5.74) is 5.30. The minimum Gasteiger partial charge on any atom is -0.296 e. The quantitative estimate of drug-likeness (QED) is 0.479. The Kier molecular flexibility index (Phi) is 5.80. The highest BCUT2D eigenvalue weighted by atomic mass is 32.1. The van der Waals surface area contributed by atoms with Crippen molar-refractivity contribution in [3.63, 3.8) is 0 Å². The number of hydrogen-bond donors (Lipinski definition) is 2. The summed E-state index contributed by atoms with van der Waals surface area (Å²) in [6.07, 6.45) is 6.56. The number of carbonyl (C=O) groups is 1. The van der Waals surface area contributed by atoms with E-state index < -0.39 is 5.91 Å². The molecule has 0 saturated carbocycles. The van der Waals surface area contributed by atoms with E-state index in [-0.39, 0.29) is 0 Å². The molecule has 1 atom stereocenters.